The standard InChI is InChI=1S/C18H27NO6Si/c1-14(25-18(22)19-11-6-12-26)24-17(21)10-5-9-16(20)23-13-15-7-3-2-4-8-15/h2-4,7-8,14H,5-6,9-13H2,1,26H3,(H,19,22). The summed E-state index contributed by atoms with van der Waals surface area (Å²) >= 11 is 0. The van der Waals surface area contributed by atoms with Crippen LogP contribution in [0.2, 0.25) is 6.04 Å². The molecule has 1 amide bonds. The predicted octanol–water partition coefficient (Wildman–Crippen LogP) is 1.69. The first-order valence-corrected chi connectivity index (χ1v) is 10.3. The van der Waals surface area contributed by atoms with Crippen LogP contribution in [0.5, 0.6) is 0 Å². The van der Waals surface area contributed by atoms with Crippen LogP contribution in [0.3, 0.4) is 0 Å². The molecule has 144 valence electrons. The van der Waals surface area contributed by atoms with Gasteiger partial charge in [-0.1, -0.05) is 36.4 Å². The maximum Gasteiger partial charge on any atom is 0.410 e. The van der Waals surface area contributed by atoms with Gasteiger partial charge in [-0.15, -0.1) is 0 Å². The minimum Gasteiger partial charge on any atom is -0.461 e. The van der Waals surface area contributed by atoms with Gasteiger partial charge in [0.2, 0.25) is 6.29 Å². The molecule has 0 heterocycles. The zero-order valence-corrected chi connectivity index (χ0v) is 17.4. The van der Waals surface area contributed by atoms with Gasteiger partial charge in [0, 0.05) is 36.6 Å². The predicted molar refractivity (Wildman–Crippen MR) is 99.5 cm³/mol. The van der Waals surface area contributed by atoms with E-state index in [0.717, 1.165) is 28.3 Å². The number of nitrogens with one attached hydrogen (secondary N) is 1. The van der Waals surface area contributed by atoms with Gasteiger partial charge >= 0.3 is 18.0 Å². The Morgan fingerprint density at radius 1 is 1.04 bits per heavy atom. The molecule has 0 aliphatic heterocycles. The van der Waals surface area contributed by atoms with E-state index >= 15 is 0 Å². The highest BCUT2D eigenvalue weighted by molar-refractivity contribution is 6.08. The molecule has 1 aromatic rings. The number of carbonyl (C=O) groups excluding carboxylic acids is 3. The largest absolute Gasteiger partial charge is 0.461 e. The molecule has 0 aliphatic carbocycles. The van der Waals surface area contributed by atoms with Gasteiger partial charge < -0.3 is 19.5 Å². The molecule has 7 nitrogen and oxygen atoms in total. The number of benzene rings is 1. The van der Waals surface area contributed by atoms with Crippen molar-refractivity contribution < 1.29 is 28.6 Å². The Kier molecular flexibility index (Phi) is 10.8. The molecule has 0 bridgehead atoms. The molecule has 0 saturated heterocycles. The molecule has 0 saturated carbocycles. The molecule has 0 aliphatic rings. The minimum atomic E-state index is -0.969. The number of carbonyl (C=O) groups is 3. The van der Waals surface area contributed by atoms with Crippen molar-refractivity contribution in [3.63, 3.8) is 0 Å². The Morgan fingerprint density at radius 2 is 1.73 bits per heavy atom. The number of alkyl carbamates (subject to hydrolysis) is 1. The summed E-state index contributed by atoms with van der Waals surface area (Å²) in [6.07, 6.45) is -0.177. The van der Waals surface area contributed by atoms with Crippen LogP contribution in [-0.2, 0) is 30.4 Å². The molecule has 0 fully saturated rings. The molecule has 0 radical (unpaired) electrons. The molecule has 26 heavy (non-hydrogen) atoms. The number of rotatable bonds is 11. The van der Waals surface area contributed by atoms with E-state index in [0.29, 0.717) is 13.0 Å². The number of hydrogen-bond acceptors (Lipinski definition) is 6. The first-order chi connectivity index (χ1) is 12.5. The van der Waals surface area contributed by atoms with Crippen molar-refractivity contribution in [2.24, 2.45) is 0 Å². The number of esters is 2. The van der Waals surface area contributed by atoms with Crippen LogP contribution < -0.4 is 5.32 Å². The van der Waals surface area contributed by atoms with E-state index in [4.69, 9.17) is 14.2 Å². The van der Waals surface area contributed by atoms with Crippen molar-refractivity contribution >= 4 is 28.3 Å². The maximum atomic E-state index is 11.7. The van der Waals surface area contributed by atoms with Crippen molar-refractivity contribution in [3.05, 3.63) is 35.9 Å². The SMILES string of the molecule is CC(OC(=O)CCCC(=O)OCc1ccccc1)OC(=O)NCCC[SiH3]. The van der Waals surface area contributed by atoms with E-state index < -0.39 is 18.4 Å². The van der Waals surface area contributed by atoms with Crippen LogP contribution in [0.15, 0.2) is 30.3 Å². The molecule has 1 rings (SSSR count). The number of ether oxygens (including phenoxy) is 3. The lowest BCUT2D eigenvalue weighted by atomic mass is 10.2. The van der Waals surface area contributed by atoms with Gasteiger partial charge in [0.1, 0.15) is 6.61 Å². The molecule has 1 atom stereocenters. The Labute approximate surface area is 156 Å². The lowest BCUT2D eigenvalue weighted by molar-refractivity contribution is -0.165. The molecule has 1 N–H and O–H groups in total. The molecule has 1 aromatic carbocycles. The van der Waals surface area contributed by atoms with Crippen molar-refractivity contribution in [1.82, 2.24) is 5.32 Å². The third-order valence-electron chi connectivity index (χ3n) is 3.37. The summed E-state index contributed by atoms with van der Waals surface area (Å²) in [7, 11) is 1.09. The highest BCUT2D eigenvalue weighted by Crippen LogP contribution is 2.06. The molecule has 0 aromatic heterocycles. The Hall–Kier alpha value is -2.35. The van der Waals surface area contributed by atoms with Gasteiger partial charge in [-0.2, -0.15) is 0 Å². The van der Waals surface area contributed by atoms with Gasteiger partial charge in [0.05, 0.1) is 0 Å². The number of amides is 1. The average molecular weight is 382 g/mol. The third-order valence-corrected chi connectivity index (χ3v) is 4.08. The van der Waals surface area contributed by atoms with Crippen molar-refractivity contribution in [1.29, 1.82) is 0 Å². The highest BCUT2D eigenvalue weighted by atomic mass is 28.1. The summed E-state index contributed by atoms with van der Waals surface area (Å²) in [6, 6.07) is 10.5. The normalized spacial score (nSPS) is 11.4. The average Bonchev–Trinajstić information content (AvgIpc) is 2.61. The lowest BCUT2D eigenvalue weighted by Crippen LogP contribution is -2.30. The van der Waals surface area contributed by atoms with Gasteiger partial charge in [-0.25, -0.2) is 4.79 Å². The summed E-state index contributed by atoms with van der Waals surface area (Å²) in [5.41, 5.74) is 0.908. The van der Waals surface area contributed by atoms with E-state index in [2.05, 4.69) is 5.32 Å². The zero-order chi connectivity index (χ0) is 19.2. The first-order valence-electron chi connectivity index (χ1n) is 8.84. The quantitative estimate of drug-likeness (QED) is 0.271. The van der Waals surface area contributed by atoms with Crippen LogP contribution in [-0.4, -0.2) is 41.1 Å². The second-order valence-electron chi connectivity index (χ2n) is 5.74. The number of hydrogen-bond donors (Lipinski definition) is 1. The molecular weight excluding hydrogens is 354 g/mol. The molecular formula is C18H27NO6Si. The smallest absolute Gasteiger partial charge is 0.410 e. The summed E-state index contributed by atoms with van der Waals surface area (Å²) in [5.74, 6) is -0.898. The summed E-state index contributed by atoms with van der Waals surface area (Å²) in [5, 5.41) is 2.58. The van der Waals surface area contributed by atoms with Crippen LogP contribution in [0, 0.1) is 0 Å². The third kappa shape index (κ3) is 10.5. The second-order valence-corrected chi connectivity index (χ2v) is 6.74. The van der Waals surface area contributed by atoms with E-state index in [1.807, 2.05) is 30.3 Å². The maximum absolute atomic E-state index is 11.7. The fourth-order valence-corrected chi connectivity index (χ4v) is 2.37. The minimum absolute atomic E-state index is 0.0518. The van der Waals surface area contributed by atoms with Crippen LogP contribution in [0.4, 0.5) is 4.79 Å². The summed E-state index contributed by atoms with van der Waals surface area (Å²) in [6.45, 7) is 2.23. The summed E-state index contributed by atoms with van der Waals surface area (Å²) in [4.78, 5) is 34.7. The fourth-order valence-electron chi connectivity index (χ4n) is 2.02. The second kappa shape index (κ2) is 12.9. The van der Waals surface area contributed by atoms with Gasteiger partial charge in [-0.3, -0.25) is 9.59 Å². The highest BCUT2D eigenvalue weighted by Gasteiger charge is 2.14. The van der Waals surface area contributed by atoms with Gasteiger partial charge in [0.15, 0.2) is 0 Å². The van der Waals surface area contributed by atoms with Crippen molar-refractivity contribution in [2.75, 3.05) is 6.54 Å². The van der Waals surface area contributed by atoms with Crippen LogP contribution >= 0.6 is 0 Å². The van der Waals surface area contributed by atoms with Gasteiger partial charge in [0.25, 0.3) is 0 Å². The Morgan fingerprint density at radius 3 is 2.42 bits per heavy atom. The van der Waals surface area contributed by atoms with Crippen LogP contribution in [0.1, 0.15) is 38.2 Å². The van der Waals surface area contributed by atoms with E-state index in [-0.39, 0.29) is 25.4 Å². The van der Waals surface area contributed by atoms with E-state index in [1.54, 1.807) is 0 Å². The van der Waals surface area contributed by atoms with E-state index in [9.17, 15) is 14.4 Å². The Bertz CT molecular complexity index is 566. The molecule has 8 heteroatoms. The van der Waals surface area contributed by atoms with Crippen molar-refractivity contribution in [3.8, 4) is 0 Å². The summed E-state index contributed by atoms with van der Waals surface area (Å²) < 4.78 is 15.0. The van der Waals surface area contributed by atoms with Crippen molar-refractivity contribution in [2.45, 2.75) is 51.5 Å². The monoisotopic (exact) mass is 381 g/mol. The fraction of sp³-hybridized carbons (Fsp3) is 0.500. The molecule has 0 spiro atoms. The van der Waals surface area contributed by atoms with Gasteiger partial charge in [-0.05, 0) is 18.4 Å². The first kappa shape index (κ1) is 21.7. The lowest BCUT2D eigenvalue weighted by Gasteiger charge is -2.14. The zero-order valence-electron chi connectivity index (χ0n) is 15.4. The topological polar surface area (TPSA) is 90.9 Å². The molecule has 1 unspecified atom stereocenters. The van der Waals surface area contributed by atoms with E-state index in [1.165, 1.54) is 6.92 Å². The van der Waals surface area contributed by atoms with Crippen LogP contribution in [0.25, 0.3) is 0 Å². The Balaban J connectivity index is 2.11.